The number of carbonyl (C=O) groups is 1. The van der Waals surface area contributed by atoms with Gasteiger partial charge >= 0.3 is 0 Å². The van der Waals surface area contributed by atoms with E-state index in [-0.39, 0.29) is 5.91 Å². The highest BCUT2D eigenvalue weighted by Crippen LogP contribution is 2.14. The summed E-state index contributed by atoms with van der Waals surface area (Å²) in [5.41, 5.74) is 2.58. The van der Waals surface area contributed by atoms with Crippen LogP contribution in [0.25, 0.3) is 0 Å². The van der Waals surface area contributed by atoms with Gasteiger partial charge in [-0.25, -0.2) is 5.48 Å². The summed E-state index contributed by atoms with van der Waals surface area (Å²) < 4.78 is 0. The highest BCUT2D eigenvalue weighted by atomic mass is 16.6. The molecule has 0 aliphatic carbocycles. The van der Waals surface area contributed by atoms with Crippen molar-refractivity contribution in [2.24, 2.45) is 0 Å². The second kappa shape index (κ2) is 5.51. The summed E-state index contributed by atoms with van der Waals surface area (Å²) in [4.78, 5) is 16.6. The van der Waals surface area contributed by atoms with Crippen molar-refractivity contribution >= 4 is 11.6 Å². The van der Waals surface area contributed by atoms with Gasteiger partial charge in [0.1, 0.15) is 5.54 Å². The molecule has 2 N–H and O–H groups in total. The molecule has 16 heavy (non-hydrogen) atoms. The predicted octanol–water partition coefficient (Wildman–Crippen LogP) is 1.94. The van der Waals surface area contributed by atoms with Crippen molar-refractivity contribution in [2.45, 2.75) is 26.3 Å². The van der Waals surface area contributed by atoms with E-state index in [4.69, 9.17) is 4.84 Å². The first-order valence-corrected chi connectivity index (χ1v) is 5.31. The van der Waals surface area contributed by atoms with Crippen LogP contribution in [0.15, 0.2) is 30.3 Å². The fourth-order valence-electron chi connectivity index (χ4n) is 1.20. The van der Waals surface area contributed by atoms with Gasteiger partial charge < -0.3 is 5.32 Å². The molecule has 88 valence electrons. The van der Waals surface area contributed by atoms with Gasteiger partial charge in [0.25, 0.3) is 5.91 Å². The summed E-state index contributed by atoms with van der Waals surface area (Å²) in [6.07, 6.45) is 0. The molecule has 0 unspecified atom stereocenters. The second-order valence-electron chi connectivity index (χ2n) is 3.98. The number of amides is 1. The van der Waals surface area contributed by atoms with E-state index in [9.17, 15) is 4.79 Å². The van der Waals surface area contributed by atoms with Crippen LogP contribution in [0.5, 0.6) is 0 Å². The zero-order chi connectivity index (χ0) is 12.0. The van der Waals surface area contributed by atoms with E-state index in [2.05, 4.69) is 10.8 Å². The van der Waals surface area contributed by atoms with Crippen LogP contribution in [0, 0.1) is 0 Å². The molecule has 0 heterocycles. The van der Waals surface area contributed by atoms with Gasteiger partial charge in [0, 0.05) is 5.69 Å². The van der Waals surface area contributed by atoms with Gasteiger partial charge in [0.05, 0.1) is 6.61 Å². The highest BCUT2D eigenvalue weighted by molar-refractivity contribution is 5.87. The van der Waals surface area contributed by atoms with E-state index in [1.165, 1.54) is 0 Å². The van der Waals surface area contributed by atoms with Gasteiger partial charge in [-0.3, -0.25) is 9.63 Å². The second-order valence-corrected chi connectivity index (χ2v) is 3.98. The Balaban J connectivity index is 2.60. The Kier molecular flexibility index (Phi) is 4.31. The van der Waals surface area contributed by atoms with Crippen molar-refractivity contribution < 1.29 is 9.63 Å². The van der Waals surface area contributed by atoms with Gasteiger partial charge in [-0.15, -0.1) is 0 Å². The van der Waals surface area contributed by atoms with Crippen molar-refractivity contribution in [1.29, 1.82) is 0 Å². The first-order valence-electron chi connectivity index (χ1n) is 5.31. The number of nitrogens with one attached hydrogen (secondary N) is 2. The van der Waals surface area contributed by atoms with Crippen molar-refractivity contribution in [3.63, 3.8) is 0 Å². The first-order chi connectivity index (χ1) is 7.56. The molecule has 0 aliphatic heterocycles. The number of para-hydroxylation sites is 1. The predicted molar refractivity (Wildman–Crippen MR) is 63.9 cm³/mol. The Labute approximate surface area is 95.9 Å². The molecule has 4 heteroatoms. The van der Waals surface area contributed by atoms with Crippen LogP contribution in [0.4, 0.5) is 5.69 Å². The third kappa shape index (κ3) is 3.55. The SMILES string of the molecule is CCONC(=O)C(C)(C)Nc1ccccc1. The average Bonchev–Trinajstić information content (AvgIpc) is 2.26. The van der Waals surface area contributed by atoms with Gasteiger partial charge in [-0.1, -0.05) is 18.2 Å². The maximum absolute atomic E-state index is 11.7. The third-order valence-electron chi connectivity index (χ3n) is 2.11. The van der Waals surface area contributed by atoms with E-state index in [1.54, 1.807) is 13.8 Å². The van der Waals surface area contributed by atoms with Gasteiger partial charge in [0.2, 0.25) is 0 Å². The highest BCUT2D eigenvalue weighted by Gasteiger charge is 2.27. The lowest BCUT2D eigenvalue weighted by atomic mass is 10.0. The summed E-state index contributed by atoms with van der Waals surface area (Å²) in [6, 6.07) is 9.58. The summed E-state index contributed by atoms with van der Waals surface area (Å²) in [5, 5.41) is 3.13. The number of carbonyl (C=O) groups excluding carboxylic acids is 1. The lowest BCUT2D eigenvalue weighted by Gasteiger charge is -2.25. The molecule has 1 amide bonds. The first kappa shape index (κ1) is 12.5. The monoisotopic (exact) mass is 222 g/mol. The number of anilines is 1. The normalized spacial score (nSPS) is 10.9. The molecule has 0 aliphatic rings. The third-order valence-corrected chi connectivity index (χ3v) is 2.11. The van der Waals surface area contributed by atoms with E-state index in [0.29, 0.717) is 6.61 Å². The Morgan fingerprint density at radius 3 is 2.50 bits per heavy atom. The number of hydrogen-bond donors (Lipinski definition) is 2. The van der Waals surface area contributed by atoms with E-state index < -0.39 is 5.54 Å². The molecular weight excluding hydrogens is 204 g/mol. The smallest absolute Gasteiger partial charge is 0.268 e. The van der Waals surface area contributed by atoms with E-state index in [1.807, 2.05) is 37.3 Å². The lowest BCUT2D eigenvalue weighted by molar-refractivity contribution is -0.136. The zero-order valence-corrected chi connectivity index (χ0v) is 9.91. The Bertz CT molecular complexity index is 336. The van der Waals surface area contributed by atoms with Crippen molar-refractivity contribution in [2.75, 3.05) is 11.9 Å². The fraction of sp³-hybridized carbons (Fsp3) is 0.417. The van der Waals surface area contributed by atoms with Crippen LogP contribution in [0.2, 0.25) is 0 Å². The molecule has 0 radical (unpaired) electrons. The molecule has 0 atom stereocenters. The topological polar surface area (TPSA) is 50.4 Å². The molecule has 1 rings (SSSR count). The molecule has 0 fully saturated rings. The molecule has 0 spiro atoms. The molecule has 0 saturated heterocycles. The number of benzene rings is 1. The minimum absolute atomic E-state index is 0.196. The molecular formula is C12H18N2O2. The quantitative estimate of drug-likeness (QED) is 0.749. The minimum Gasteiger partial charge on any atom is -0.372 e. The van der Waals surface area contributed by atoms with Crippen LogP contribution >= 0.6 is 0 Å². The van der Waals surface area contributed by atoms with Crippen LogP contribution in [-0.4, -0.2) is 18.1 Å². The maximum Gasteiger partial charge on any atom is 0.268 e. The van der Waals surface area contributed by atoms with Gasteiger partial charge in [0.15, 0.2) is 0 Å². The summed E-state index contributed by atoms with van der Waals surface area (Å²) in [6.45, 7) is 5.87. The van der Waals surface area contributed by atoms with Crippen LogP contribution < -0.4 is 10.8 Å². The number of rotatable bonds is 5. The standard InChI is InChI=1S/C12H18N2O2/c1-4-16-14-11(15)12(2,3)13-10-8-6-5-7-9-10/h5-9,13H,4H2,1-3H3,(H,14,15). The minimum atomic E-state index is -0.712. The molecule has 1 aromatic carbocycles. The summed E-state index contributed by atoms with van der Waals surface area (Å²) in [5.74, 6) is -0.196. The van der Waals surface area contributed by atoms with Crippen LogP contribution in [0.1, 0.15) is 20.8 Å². The maximum atomic E-state index is 11.7. The van der Waals surface area contributed by atoms with Gasteiger partial charge in [-0.05, 0) is 32.9 Å². The van der Waals surface area contributed by atoms with Crippen molar-refractivity contribution in [1.82, 2.24) is 5.48 Å². The van der Waals surface area contributed by atoms with Gasteiger partial charge in [-0.2, -0.15) is 0 Å². The average molecular weight is 222 g/mol. The molecule has 1 aromatic rings. The zero-order valence-electron chi connectivity index (χ0n) is 9.91. The van der Waals surface area contributed by atoms with Crippen molar-refractivity contribution in [3.8, 4) is 0 Å². The van der Waals surface area contributed by atoms with Crippen molar-refractivity contribution in [3.05, 3.63) is 30.3 Å². The Hall–Kier alpha value is -1.55. The summed E-state index contributed by atoms with van der Waals surface area (Å²) in [7, 11) is 0. The molecule has 0 saturated carbocycles. The summed E-state index contributed by atoms with van der Waals surface area (Å²) >= 11 is 0. The van der Waals surface area contributed by atoms with Crippen LogP contribution in [0.3, 0.4) is 0 Å². The lowest BCUT2D eigenvalue weighted by Crippen LogP contribution is -2.47. The molecule has 4 nitrogen and oxygen atoms in total. The van der Waals surface area contributed by atoms with E-state index >= 15 is 0 Å². The number of hydrogen-bond acceptors (Lipinski definition) is 3. The Morgan fingerprint density at radius 2 is 1.94 bits per heavy atom. The number of hydroxylamine groups is 1. The van der Waals surface area contributed by atoms with Crippen LogP contribution in [-0.2, 0) is 9.63 Å². The van der Waals surface area contributed by atoms with E-state index in [0.717, 1.165) is 5.69 Å². The Morgan fingerprint density at radius 1 is 1.31 bits per heavy atom. The largest absolute Gasteiger partial charge is 0.372 e. The molecule has 0 bridgehead atoms. The fourth-order valence-corrected chi connectivity index (χ4v) is 1.20. The molecule has 0 aromatic heterocycles.